The second kappa shape index (κ2) is 23.6. The Hall–Kier alpha value is -10.4. The van der Waals surface area contributed by atoms with E-state index in [-0.39, 0.29) is 36.2 Å². The molecule has 0 aliphatic carbocycles. The van der Waals surface area contributed by atoms with Crippen LogP contribution >= 0.6 is 0 Å². The summed E-state index contributed by atoms with van der Waals surface area (Å²) < 4.78 is 46.1. The van der Waals surface area contributed by atoms with Gasteiger partial charge in [-0.15, -0.1) is 0 Å². The first-order chi connectivity index (χ1) is 42.7. The Bertz CT molecular complexity index is 4410. The number of hydrogen-bond acceptors (Lipinski definition) is 6. The molecule has 0 saturated heterocycles. The number of benzene rings is 14. The minimum absolute atomic E-state index is 0.0329. The number of rotatable bonds is 16. The summed E-state index contributed by atoms with van der Waals surface area (Å²) in [6, 6.07) is 98.0. The Labute approximate surface area is 506 Å². The van der Waals surface area contributed by atoms with Crippen LogP contribution in [-0.2, 0) is 9.84 Å². The van der Waals surface area contributed by atoms with Gasteiger partial charge in [0, 0.05) is 22.3 Å². The van der Waals surface area contributed by atoms with Crippen molar-refractivity contribution in [2.75, 3.05) is 26.4 Å². The van der Waals surface area contributed by atoms with Crippen molar-refractivity contribution >= 4 is 52.9 Å². The molecule has 14 aromatic rings. The molecule has 0 unspecified atom stereocenters. The van der Waals surface area contributed by atoms with Crippen molar-refractivity contribution in [3.63, 3.8) is 0 Å². The molecule has 0 bridgehead atoms. The van der Waals surface area contributed by atoms with E-state index in [1.165, 1.54) is 0 Å². The molecule has 6 nitrogen and oxygen atoms in total. The van der Waals surface area contributed by atoms with Crippen molar-refractivity contribution < 1.29 is 28.1 Å². The molecular formula is C80H58O6S. The lowest BCUT2D eigenvalue weighted by molar-refractivity contribution is 0.202. The molecule has 14 rings (SSSR count). The van der Waals surface area contributed by atoms with Gasteiger partial charge in [-0.05, 0) is 183 Å². The van der Waals surface area contributed by atoms with Crippen molar-refractivity contribution in [1.29, 1.82) is 0 Å². The Kier molecular flexibility index (Phi) is 14.8. The van der Waals surface area contributed by atoms with E-state index in [9.17, 15) is 10.2 Å². The van der Waals surface area contributed by atoms with Gasteiger partial charge in [-0.25, -0.2) is 8.42 Å². The van der Waals surface area contributed by atoms with Crippen molar-refractivity contribution in [2.24, 2.45) is 0 Å². The SMILES string of the molecule is O=S(=O)(c1cc(-c2ccc3cc(-c4ccccc4)ccc3c2)c(OCCO)c(-c2ccc3cc(-c4ccccc4)ccc3c2)c1)c1cc(-c2ccc3cc(-c4ccccc4)ccc3c2)c(OCCO)c(-c2ccc3cc(-c4ccccc4)ccc3c2)c1. The first kappa shape index (κ1) is 54.5. The number of aliphatic hydroxyl groups excluding tert-OH is 2. The molecule has 0 heterocycles. The average molecular weight is 1150 g/mol. The minimum atomic E-state index is -4.46. The third kappa shape index (κ3) is 10.9. The molecular weight excluding hydrogens is 1090 g/mol. The molecule has 2 N–H and O–H groups in total. The maximum atomic E-state index is 16.4. The monoisotopic (exact) mass is 1150 g/mol. The largest absolute Gasteiger partial charge is 0.490 e. The molecule has 0 saturated carbocycles. The molecule has 0 aliphatic heterocycles. The number of sulfone groups is 1. The van der Waals surface area contributed by atoms with Gasteiger partial charge in [0.2, 0.25) is 9.84 Å². The van der Waals surface area contributed by atoms with Gasteiger partial charge in [-0.3, -0.25) is 0 Å². The Morgan fingerprint density at radius 2 is 0.448 bits per heavy atom. The van der Waals surface area contributed by atoms with E-state index in [4.69, 9.17) is 9.47 Å². The number of aliphatic hydroxyl groups is 2. The number of ether oxygens (including phenoxy) is 2. The highest BCUT2D eigenvalue weighted by molar-refractivity contribution is 7.91. The van der Waals surface area contributed by atoms with Crippen LogP contribution in [0.3, 0.4) is 0 Å². The number of hydrogen-bond donors (Lipinski definition) is 2. The van der Waals surface area contributed by atoms with Gasteiger partial charge >= 0.3 is 0 Å². The van der Waals surface area contributed by atoms with Crippen LogP contribution in [-0.4, -0.2) is 45.1 Å². The molecule has 0 amide bonds. The molecule has 0 atom stereocenters. The van der Waals surface area contributed by atoms with E-state index >= 15 is 8.42 Å². The third-order valence-electron chi connectivity index (χ3n) is 16.5. The standard InChI is InChI=1S/C80H58O6S/c81-37-39-85-79-75(69-33-29-61-41-57(21-25-65(61)45-69)53-13-5-1-6-14-53)49-73(50-76(79)70-34-30-62-42-58(22-26-66(62)46-70)54-15-7-2-8-16-54)87(83,84)74-51-77(71-35-31-63-43-59(23-27-67(63)47-71)55-17-9-3-10-18-55)80(86-40-38-82)78(52-74)72-36-32-64-44-60(24-28-68(64)48-72)56-19-11-4-12-20-56/h1-36,41-52,81-82H,37-40H2. The molecule has 87 heavy (non-hydrogen) atoms. The van der Waals surface area contributed by atoms with Gasteiger partial charge < -0.3 is 19.7 Å². The van der Waals surface area contributed by atoms with Crippen LogP contribution in [0.5, 0.6) is 11.5 Å². The van der Waals surface area contributed by atoms with Crippen LogP contribution in [0.2, 0.25) is 0 Å². The van der Waals surface area contributed by atoms with E-state index < -0.39 is 9.84 Å². The Balaban J connectivity index is 0.980. The topological polar surface area (TPSA) is 93.1 Å². The van der Waals surface area contributed by atoms with Crippen molar-refractivity contribution in [2.45, 2.75) is 9.79 Å². The Morgan fingerprint density at radius 3 is 0.667 bits per heavy atom. The zero-order valence-corrected chi connectivity index (χ0v) is 48.3. The van der Waals surface area contributed by atoms with Gasteiger partial charge in [0.05, 0.1) is 23.0 Å². The lowest BCUT2D eigenvalue weighted by atomic mass is 9.93. The first-order valence-corrected chi connectivity index (χ1v) is 30.7. The van der Waals surface area contributed by atoms with Crippen molar-refractivity contribution in [3.05, 3.63) is 291 Å². The summed E-state index contributed by atoms with van der Waals surface area (Å²) >= 11 is 0. The fourth-order valence-electron chi connectivity index (χ4n) is 12.0. The quantitative estimate of drug-likeness (QED) is 0.100. The van der Waals surface area contributed by atoms with E-state index in [0.29, 0.717) is 33.8 Å². The highest BCUT2D eigenvalue weighted by Gasteiger charge is 2.28. The predicted octanol–water partition coefficient (Wildman–Crippen LogP) is 19.2. The highest BCUT2D eigenvalue weighted by atomic mass is 32.2. The summed E-state index contributed by atoms with van der Waals surface area (Å²) in [6.45, 7) is -0.592. The van der Waals surface area contributed by atoms with E-state index in [0.717, 1.165) is 110 Å². The fraction of sp³-hybridized carbons (Fsp3) is 0.0500. The summed E-state index contributed by atoms with van der Waals surface area (Å²) in [5.74, 6) is 0.881. The summed E-state index contributed by atoms with van der Waals surface area (Å²) in [7, 11) is -4.46. The zero-order chi connectivity index (χ0) is 58.8. The third-order valence-corrected chi connectivity index (χ3v) is 18.2. The zero-order valence-electron chi connectivity index (χ0n) is 47.5. The van der Waals surface area contributed by atoms with E-state index in [1.54, 1.807) is 24.3 Å². The second-order valence-corrected chi connectivity index (χ2v) is 23.9. The highest BCUT2D eigenvalue weighted by Crippen LogP contribution is 2.48. The molecule has 0 fully saturated rings. The summed E-state index contributed by atoms with van der Waals surface area (Å²) in [6.07, 6.45) is 0. The predicted molar refractivity (Wildman–Crippen MR) is 357 cm³/mol. The van der Waals surface area contributed by atoms with Gasteiger partial charge in [-0.2, -0.15) is 0 Å². The average Bonchev–Trinajstić information content (AvgIpc) is 1.11. The van der Waals surface area contributed by atoms with Gasteiger partial charge in [0.1, 0.15) is 24.7 Å². The van der Waals surface area contributed by atoms with E-state index in [2.05, 4.69) is 170 Å². The molecule has 7 heteroatoms. The van der Waals surface area contributed by atoms with E-state index in [1.807, 2.05) is 97.1 Å². The van der Waals surface area contributed by atoms with Gasteiger partial charge in [-0.1, -0.05) is 218 Å². The maximum absolute atomic E-state index is 16.4. The van der Waals surface area contributed by atoms with Gasteiger partial charge in [0.25, 0.3) is 0 Å². The van der Waals surface area contributed by atoms with Crippen molar-refractivity contribution in [3.8, 4) is 101 Å². The second-order valence-electron chi connectivity index (χ2n) is 21.9. The van der Waals surface area contributed by atoms with Crippen LogP contribution < -0.4 is 9.47 Å². The van der Waals surface area contributed by atoms with Gasteiger partial charge in [0.15, 0.2) is 0 Å². The molecule has 0 aromatic heterocycles. The van der Waals surface area contributed by atoms with Crippen LogP contribution in [0.1, 0.15) is 0 Å². The lowest BCUT2D eigenvalue weighted by Crippen LogP contribution is -2.09. The van der Waals surface area contributed by atoms with Crippen LogP contribution in [0, 0.1) is 0 Å². The molecule has 420 valence electrons. The molecule has 0 radical (unpaired) electrons. The summed E-state index contributed by atoms with van der Waals surface area (Å²) in [4.78, 5) is 0.0884. The number of fused-ring (bicyclic) bond motifs is 4. The Morgan fingerprint density at radius 1 is 0.241 bits per heavy atom. The van der Waals surface area contributed by atoms with Crippen LogP contribution in [0.25, 0.3) is 132 Å². The van der Waals surface area contributed by atoms with Crippen molar-refractivity contribution in [1.82, 2.24) is 0 Å². The summed E-state index contributed by atoms with van der Waals surface area (Å²) in [5, 5.41) is 28.7. The molecule has 14 aromatic carbocycles. The fourth-order valence-corrected chi connectivity index (χ4v) is 13.4. The van der Waals surface area contributed by atoms with Crippen LogP contribution in [0.4, 0.5) is 0 Å². The summed E-state index contributed by atoms with van der Waals surface area (Å²) in [5.41, 5.74) is 13.9. The normalized spacial score (nSPS) is 11.6. The first-order valence-electron chi connectivity index (χ1n) is 29.2. The smallest absolute Gasteiger partial charge is 0.206 e. The van der Waals surface area contributed by atoms with Crippen LogP contribution in [0.15, 0.2) is 301 Å². The molecule has 0 aliphatic rings. The minimum Gasteiger partial charge on any atom is -0.490 e. The lowest BCUT2D eigenvalue weighted by Gasteiger charge is -2.21. The molecule has 0 spiro atoms. The maximum Gasteiger partial charge on any atom is 0.206 e.